The number of hydrogen-bond acceptors (Lipinski definition) is 3. The van der Waals surface area contributed by atoms with Gasteiger partial charge < -0.3 is 15.5 Å². The smallest absolute Gasteiger partial charge is 0.251 e. The summed E-state index contributed by atoms with van der Waals surface area (Å²) in [5.74, 6) is -0.449. The Labute approximate surface area is 155 Å². The molecule has 0 saturated carbocycles. The molecule has 0 unspecified atom stereocenters. The lowest BCUT2D eigenvalue weighted by molar-refractivity contribution is -0.122. The highest BCUT2D eigenvalue weighted by Gasteiger charge is 2.16. The quantitative estimate of drug-likeness (QED) is 0.804. The highest BCUT2D eigenvalue weighted by molar-refractivity contribution is 5.97. The molecule has 0 aliphatic heterocycles. The molecule has 0 aliphatic carbocycles. The molecular weight excluding hydrogens is 326 g/mol. The summed E-state index contributed by atoms with van der Waals surface area (Å²) >= 11 is 0. The van der Waals surface area contributed by atoms with Gasteiger partial charge in [-0.1, -0.05) is 42.0 Å². The van der Waals surface area contributed by atoms with E-state index < -0.39 is 6.04 Å². The van der Waals surface area contributed by atoms with Crippen LogP contribution in [0.5, 0.6) is 0 Å². The van der Waals surface area contributed by atoms with E-state index in [1.807, 2.05) is 51.4 Å². The maximum absolute atomic E-state index is 12.3. The molecule has 0 aromatic heterocycles. The van der Waals surface area contributed by atoms with Gasteiger partial charge in [0.1, 0.15) is 6.04 Å². The Morgan fingerprint density at radius 3 is 2.38 bits per heavy atom. The maximum Gasteiger partial charge on any atom is 0.251 e. The summed E-state index contributed by atoms with van der Waals surface area (Å²) in [7, 11) is 4.02. The number of nitrogens with zero attached hydrogens (tertiary/aromatic N) is 1. The topological polar surface area (TPSA) is 61.4 Å². The summed E-state index contributed by atoms with van der Waals surface area (Å²) in [6.07, 6.45) is 0. The fraction of sp³-hybridized carbons (Fsp3) is 0.333. The summed E-state index contributed by atoms with van der Waals surface area (Å²) in [5.41, 5.74) is 3.81. The molecule has 0 aliphatic rings. The van der Waals surface area contributed by atoms with Crippen LogP contribution in [0.15, 0.2) is 48.5 Å². The number of aryl methyl sites for hydroxylation is 1. The van der Waals surface area contributed by atoms with Crippen LogP contribution in [-0.4, -0.2) is 36.9 Å². The minimum Gasteiger partial charge on any atom is -0.350 e. The van der Waals surface area contributed by atoms with Gasteiger partial charge in [0.15, 0.2) is 0 Å². The number of benzene rings is 2. The molecule has 0 bridgehead atoms. The van der Waals surface area contributed by atoms with E-state index in [4.69, 9.17) is 0 Å². The second-order valence-electron chi connectivity index (χ2n) is 6.79. The second kappa shape index (κ2) is 9.15. The standard InChI is InChI=1S/C21H27N3O2/c1-15-8-7-11-17(12-15)21(26)23-16(2)20(25)22-13-18-9-5-6-10-19(18)14-24(3)4/h5-12,16H,13-14H2,1-4H3,(H,22,25)(H,23,26)/t16-/m0/s1. The first-order valence-corrected chi connectivity index (χ1v) is 8.73. The highest BCUT2D eigenvalue weighted by atomic mass is 16.2. The Morgan fingerprint density at radius 2 is 1.73 bits per heavy atom. The van der Waals surface area contributed by atoms with Crippen molar-refractivity contribution in [2.45, 2.75) is 33.0 Å². The van der Waals surface area contributed by atoms with Crippen molar-refractivity contribution in [3.8, 4) is 0 Å². The molecule has 2 rings (SSSR count). The molecule has 1 atom stereocenters. The number of nitrogens with one attached hydrogen (secondary N) is 2. The Morgan fingerprint density at radius 1 is 1.04 bits per heavy atom. The van der Waals surface area contributed by atoms with Gasteiger partial charge in [-0.3, -0.25) is 9.59 Å². The van der Waals surface area contributed by atoms with E-state index in [0.717, 1.165) is 17.7 Å². The molecular formula is C21H27N3O2. The lowest BCUT2D eigenvalue weighted by Crippen LogP contribution is -2.44. The third kappa shape index (κ3) is 5.70. The Hall–Kier alpha value is -2.66. The van der Waals surface area contributed by atoms with E-state index >= 15 is 0 Å². The minimum atomic E-state index is -0.607. The van der Waals surface area contributed by atoms with Crippen LogP contribution in [0.2, 0.25) is 0 Å². The molecule has 26 heavy (non-hydrogen) atoms. The first-order chi connectivity index (χ1) is 12.4. The lowest BCUT2D eigenvalue weighted by atomic mass is 10.1. The number of carbonyl (C=O) groups is 2. The normalized spacial score (nSPS) is 11.9. The van der Waals surface area contributed by atoms with E-state index in [1.54, 1.807) is 19.1 Å². The van der Waals surface area contributed by atoms with Crippen molar-refractivity contribution in [3.05, 3.63) is 70.8 Å². The predicted molar refractivity (Wildman–Crippen MR) is 104 cm³/mol. The number of amides is 2. The van der Waals surface area contributed by atoms with Crippen LogP contribution < -0.4 is 10.6 Å². The Bertz CT molecular complexity index is 771. The number of rotatable bonds is 7. The van der Waals surface area contributed by atoms with Crippen LogP contribution in [0.25, 0.3) is 0 Å². The predicted octanol–water partition coefficient (Wildman–Crippen LogP) is 2.49. The van der Waals surface area contributed by atoms with E-state index in [9.17, 15) is 9.59 Å². The molecule has 2 aromatic rings. The zero-order valence-corrected chi connectivity index (χ0v) is 15.9. The summed E-state index contributed by atoms with van der Waals surface area (Å²) < 4.78 is 0. The average molecular weight is 353 g/mol. The molecule has 5 nitrogen and oxygen atoms in total. The number of carbonyl (C=O) groups excluding carboxylic acids is 2. The molecule has 0 radical (unpaired) electrons. The van der Waals surface area contributed by atoms with Gasteiger partial charge in [0.05, 0.1) is 0 Å². The van der Waals surface area contributed by atoms with Crippen LogP contribution in [-0.2, 0) is 17.9 Å². The van der Waals surface area contributed by atoms with Crippen molar-refractivity contribution in [2.75, 3.05) is 14.1 Å². The van der Waals surface area contributed by atoms with Gasteiger partial charge >= 0.3 is 0 Å². The van der Waals surface area contributed by atoms with Crippen LogP contribution in [0.4, 0.5) is 0 Å². The van der Waals surface area contributed by atoms with Crippen LogP contribution in [0, 0.1) is 6.92 Å². The first-order valence-electron chi connectivity index (χ1n) is 8.73. The SMILES string of the molecule is Cc1cccc(C(=O)N[C@@H](C)C(=O)NCc2ccccc2CN(C)C)c1. The molecule has 2 N–H and O–H groups in total. The molecule has 5 heteroatoms. The Kier molecular flexibility index (Phi) is 6.92. The van der Waals surface area contributed by atoms with Crippen molar-refractivity contribution >= 4 is 11.8 Å². The molecule has 2 amide bonds. The number of hydrogen-bond donors (Lipinski definition) is 2. The van der Waals surface area contributed by atoms with E-state index in [1.165, 1.54) is 5.56 Å². The summed E-state index contributed by atoms with van der Waals surface area (Å²) in [5, 5.41) is 5.66. The van der Waals surface area contributed by atoms with Crippen molar-refractivity contribution < 1.29 is 9.59 Å². The van der Waals surface area contributed by atoms with Gasteiger partial charge in [-0.2, -0.15) is 0 Å². The lowest BCUT2D eigenvalue weighted by Gasteiger charge is -2.17. The van der Waals surface area contributed by atoms with Gasteiger partial charge in [-0.05, 0) is 51.2 Å². The highest BCUT2D eigenvalue weighted by Crippen LogP contribution is 2.10. The second-order valence-corrected chi connectivity index (χ2v) is 6.79. The largest absolute Gasteiger partial charge is 0.350 e. The van der Waals surface area contributed by atoms with Crippen molar-refractivity contribution in [1.82, 2.24) is 15.5 Å². The van der Waals surface area contributed by atoms with Gasteiger partial charge in [0, 0.05) is 18.7 Å². The van der Waals surface area contributed by atoms with Gasteiger partial charge in [0.25, 0.3) is 5.91 Å². The van der Waals surface area contributed by atoms with Crippen LogP contribution >= 0.6 is 0 Å². The zero-order valence-electron chi connectivity index (χ0n) is 15.9. The monoisotopic (exact) mass is 353 g/mol. The fourth-order valence-electron chi connectivity index (χ4n) is 2.69. The summed E-state index contributed by atoms with van der Waals surface area (Å²) in [6, 6.07) is 14.7. The van der Waals surface area contributed by atoms with Gasteiger partial charge in [-0.25, -0.2) is 0 Å². The van der Waals surface area contributed by atoms with Crippen molar-refractivity contribution in [1.29, 1.82) is 0 Å². The van der Waals surface area contributed by atoms with Crippen LogP contribution in [0.1, 0.15) is 34.0 Å². The van der Waals surface area contributed by atoms with E-state index in [2.05, 4.69) is 21.6 Å². The molecule has 0 heterocycles. The third-order valence-electron chi connectivity index (χ3n) is 4.08. The summed E-state index contributed by atoms with van der Waals surface area (Å²) in [6.45, 7) is 4.87. The van der Waals surface area contributed by atoms with Crippen molar-refractivity contribution in [2.24, 2.45) is 0 Å². The molecule has 138 valence electrons. The van der Waals surface area contributed by atoms with Crippen molar-refractivity contribution in [3.63, 3.8) is 0 Å². The molecule has 2 aromatic carbocycles. The third-order valence-corrected chi connectivity index (χ3v) is 4.08. The molecule has 0 spiro atoms. The summed E-state index contributed by atoms with van der Waals surface area (Å²) in [4.78, 5) is 26.7. The Balaban J connectivity index is 1.92. The molecule has 0 saturated heterocycles. The fourth-order valence-corrected chi connectivity index (χ4v) is 2.69. The molecule has 0 fully saturated rings. The van der Waals surface area contributed by atoms with Gasteiger partial charge in [-0.15, -0.1) is 0 Å². The van der Waals surface area contributed by atoms with Gasteiger partial charge in [0.2, 0.25) is 5.91 Å². The zero-order chi connectivity index (χ0) is 19.1. The van der Waals surface area contributed by atoms with E-state index in [0.29, 0.717) is 12.1 Å². The van der Waals surface area contributed by atoms with E-state index in [-0.39, 0.29) is 11.8 Å². The first kappa shape index (κ1) is 19.7. The maximum atomic E-state index is 12.3. The average Bonchev–Trinajstić information content (AvgIpc) is 2.60. The van der Waals surface area contributed by atoms with Crippen LogP contribution in [0.3, 0.4) is 0 Å². The minimum absolute atomic E-state index is 0.203.